The molecule has 1 aromatic heterocycles. The molecule has 5 heteroatoms. The molecule has 2 aromatic carbocycles. The van der Waals surface area contributed by atoms with Crippen molar-refractivity contribution in [3.8, 4) is 17.0 Å². The highest BCUT2D eigenvalue weighted by Gasteiger charge is 2.08. The Morgan fingerprint density at radius 2 is 1.75 bits per heavy atom. The van der Waals surface area contributed by atoms with Crippen LogP contribution >= 0.6 is 11.3 Å². The van der Waals surface area contributed by atoms with Crippen LogP contribution < -0.4 is 10.1 Å². The molecule has 1 N–H and O–H groups in total. The molecule has 24 heavy (non-hydrogen) atoms. The summed E-state index contributed by atoms with van der Waals surface area (Å²) in [6.07, 6.45) is 1.07. The normalized spacial score (nSPS) is 10.3. The summed E-state index contributed by atoms with van der Waals surface area (Å²) < 4.78 is 5.58. The molecule has 0 saturated heterocycles. The average molecular weight is 338 g/mol. The highest BCUT2D eigenvalue weighted by atomic mass is 32.1. The van der Waals surface area contributed by atoms with E-state index in [2.05, 4.69) is 10.3 Å². The fraction of sp³-hybridized carbons (Fsp3) is 0.158. The van der Waals surface area contributed by atoms with Gasteiger partial charge in [0.15, 0.2) is 5.13 Å². The lowest BCUT2D eigenvalue weighted by atomic mass is 10.2. The first-order chi connectivity index (χ1) is 11.8. The van der Waals surface area contributed by atoms with Crippen LogP contribution in [0.15, 0.2) is 66.0 Å². The van der Waals surface area contributed by atoms with Crippen molar-refractivity contribution in [1.29, 1.82) is 0 Å². The standard InChI is InChI=1S/C19H18N2O2S/c22-18(12-7-13-23-16-10-5-2-6-11-16)21-19-20-17(14-24-19)15-8-3-1-4-9-15/h1-6,8-11,14H,7,12-13H2,(H,20,21,22). The van der Waals surface area contributed by atoms with Crippen LogP contribution in [0.3, 0.4) is 0 Å². The summed E-state index contributed by atoms with van der Waals surface area (Å²) in [5.74, 6) is 0.783. The summed E-state index contributed by atoms with van der Waals surface area (Å²) in [6.45, 7) is 0.518. The molecule has 0 spiro atoms. The van der Waals surface area contributed by atoms with E-state index in [9.17, 15) is 4.79 Å². The van der Waals surface area contributed by atoms with Gasteiger partial charge >= 0.3 is 0 Å². The van der Waals surface area contributed by atoms with Crippen molar-refractivity contribution < 1.29 is 9.53 Å². The Labute approximate surface area is 145 Å². The van der Waals surface area contributed by atoms with Crippen LogP contribution in [0.5, 0.6) is 5.75 Å². The van der Waals surface area contributed by atoms with Crippen LogP contribution in [-0.4, -0.2) is 17.5 Å². The smallest absolute Gasteiger partial charge is 0.226 e. The number of nitrogens with one attached hydrogen (secondary N) is 1. The molecule has 1 amide bonds. The van der Waals surface area contributed by atoms with Crippen LogP contribution in [0.2, 0.25) is 0 Å². The Morgan fingerprint density at radius 1 is 1.04 bits per heavy atom. The van der Waals surface area contributed by atoms with Gasteiger partial charge in [0.25, 0.3) is 0 Å². The van der Waals surface area contributed by atoms with Crippen molar-refractivity contribution in [3.05, 3.63) is 66.0 Å². The lowest BCUT2D eigenvalue weighted by Crippen LogP contribution is -2.12. The molecule has 0 atom stereocenters. The van der Waals surface area contributed by atoms with E-state index in [4.69, 9.17) is 4.74 Å². The number of carbonyl (C=O) groups is 1. The van der Waals surface area contributed by atoms with Gasteiger partial charge in [-0.25, -0.2) is 4.98 Å². The number of hydrogen-bond donors (Lipinski definition) is 1. The minimum Gasteiger partial charge on any atom is -0.494 e. The van der Waals surface area contributed by atoms with Gasteiger partial charge in [0.2, 0.25) is 5.91 Å². The first kappa shape index (κ1) is 16.2. The Bertz CT molecular complexity index is 772. The van der Waals surface area contributed by atoms with Crippen LogP contribution in [0.1, 0.15) is 12.8 Å². The minimum atomic E-state index is -0.0411. The molecular formula is C19H18N2O2S. The largest absolute Gasteiger partial charge is 0.494 e. The number of benzene rings is 2. The monoisotopic (exact) mass is 338 g/mol. The molecule has 0 bridgehead atoms. The average Bonchev–Trinajstić information content (AvgIpc) is 3.09. The fourth-order valence-electron chi connectivity index (χ4n) is 2.19. The molecule has 0 aliphatic heterocycles. The molecule has 0 saturated carbocycles. The Hall–Kier alpha value is -2.66. The van der Waals surface area contributed by atoms with Gasteiger partial charge in [0, 0.05) is 17.4 Å². The molecule has 0 aliphatic carbocycles. The fourth-order valence-corrected chi connectivity index (χ4v) is 2.93. The van der Waals surface area contributed by atoms with Crippen molar-refractivity contribution >= 4 is 22.4 Å². The molecule has 4 nitrogen and oxygen atoms in total. The summed E-state index contributed by atoms with van der Waals surface area (Å²) in [5.41, 5.74) is 1.92. The maximum Gasteiger partial charge on any atom is 0.226 e. The van der Waals surface area contributed by atoms with Gasteiger partial charge in [0.05, 0.1) is 12.3 Å². The highest BCUT2D eigenvalue weighted by molar-refractivity contribution is 7.14. The second kappa shape index (κ2) is 8.26. The Kier molecular flexibility index (Phi) is 5.58. The number of ether oxygens (including phenoxy) is 1. The maximum atomic E-state index is 12.0. The van der Waals surface area contributed by atoms with Crippen LogP contribution in [0.4, 0.5) is 5.13 Å². The lowest BCUT2D eigenvalue weighted by molar-refractivity contribution is -0.116. The van der Waals surface area contributed by atoms with Gasteiger partial charge in [-0.05, 0) is 18.6 Å². The molecule has 0 fully saturated rings. The van der Waals surface area contributed by atoms with E-state index >= 15 is 0 Å². The number of amides is 1. The molecule has 3 rings (SSSR count). The number of thiazole rings is 1. The number of nitrogens with zero attached hydrogens (tertiary/aromatic N) is 1. The quantitative estimate of drug-likeness (QED) is 0.640. The third-order valence-corrected chi connectivity index (χ3v) is 4.14. The summed E-state index contributed by atoms with van der Waals surface area (Å²) in [6, 6.07) is 19.5. The van der Waals surface area contributed by atoms with Gasteiger partial charge in [-0.1, -0.05) is 48.5 Å². The third-order valence-electron chi connectivity index (χ3n) is 3.38. The van der Waals surface area contributed by atoms with E-state index in [0.29, 0.717) is 24.6 Å². The van der Waals surface area contributed by atoms with Crippen molar-refractivity contribution in [2.45, 2.75) is 12.8 Å². The highest BCUT2D eigenvalue weighted by Crippen LogP contribution is 2.24. The van der Waals surface area contributed by atoms with E-state index in [0.717, 1.165) is 17.0 Å². The second-order valence-electron chi connectivity index (χ2n) is 5.22. The molecule has 0 aliphatic rings. The minimum absolute atomic E-state index is 0.0411. The van der Waals surface area contributed by atoms with Crippen molar-refractivity contribution in [1.82, 2.24) is 4.98 Å². The topological polar surface area (TPSA) is 51.2 Å². The third kappa shape index (κ3) is 4.67. The molecule has 0 radical (unpaired) electrons. The summed E-state index contributed by atoms with van der Waals surface area (Å²) in [4.78, 5) is 16.4. The van der Waals surface area contributed by atoms with Gasteiger partial charge < -0.3 is 10.1 Å². The molecule has 3 aromatic rings. The van der Waals surface area contributed by atoms with E-state index in [1.807, 2.05) is 66.0 Å². The zero-order chi connectivity index (χ0) is 16.6. The first-order valence-electron chi connectivity index (χ1n) is 7.80. The lowest BCUT2D eigenvalue weighted by Gasteiger charge is -2.05. The predicted molar refractivity (Wildman–Crippen MR) is 97.4 cm³/mol. The molecular weight excluding hydrogens is 320 g/mol. The van der Waals surface area contributed by atoms with E-state index < -0.39 is 0 Å². The van der Waals surface area contributed by atoms with Crippen molar-refractivity contribution in [2.24, 2.45) is 0 Å². The zero-order valence-corrected chi connectivity index (χ0v) is 14.0. The van der Waals surface area contributed by atoms with E-state index in [-0.39, 0.29) is 5.91 Å². The Balaban J connectivity index is 1.43. The summed E-state index contributed by atoms with van der Waals surface area (Å²) in [5, 5.41) is 5.42. The van der Waals surface area contributed by atoms with Crippen molar-refractivity contribution in [3.63, 3.8) is 0 Å². The number of hydrogen-bond acceptors (Lipinski definition) is 4. The Morgan fingerprint density at radius 3 is 2.50 bits per heavy atom. The summed E-state index contributed by atoms with van der Waals surface area (Å²) >= 11 is 1.43. The second-order valence-corrected chi connectivity index (χ2v) is 6.08. The zero-order valence-electron chi connectivity index (χ0n) is 13.1. The number of rotatable bonds is 7. The predicted octanol–water partition coefficient (Wildman–Crippen LogP) is 4.61. The molecule has 1 heterocycles. The van der Waals surface area contributed by atoms with Gasteiger partial charge in [-0.2, -0.15) is 0 Å². The number of para-hydroxylation sites is 1. The van der Waals surface area contributed by atoms with Gasteiger partial charge in [-0.15, -0.1) is 11.3 Å². The van der Waals surface area contributed by atoms with Crippen LogP contribution in [-0.2, 0) is 4.79 Å². The molecule has 0 unspecified atom stereocenters. The van der Waals surface area contributed by atoms with Crippen molar-refractivity contribution in [2.75, 3.05) is 11.9 Å². The van der Waals surface area contributed by atoms with Crippen LogP contribution in [0, 0.1) is 0 Å². The molecule has 122 valence electrons. The maximum absolute atomic E-state index is 12.0. The van der Waals surface area contributed by atoms with E-state index in [1.165, 1.54) is 11.3 Å². The summed E-state index contributed by atoms with van der Waals surface area (Å²) in [7, 11) is 0. The first-order valence-corrected chi connectivity index (χ1v) is 8.68. The van der Waals surface area contributed by atoms with E-state index in [1.54, 1.807) is 0 Å². The number of anilines is 1. The van der Waals surface area contributed by atoms with Crippen LogP contribution in [0.25, 0.3) is 11.3 Å². The SMILES string of the molecule is O=C(CCCOc1ccccc1)Nc1nc(-c2ccccc2)cs1. The van der Waals surface area contributed by atoms with Gasteiger partial charge in [0.1, 0.15) is 5.75 Å². The number of aromatic nitrogens is 1. The number of carbonyl (C=O) groups excluding carboxylic acids is 1. The van der Waals surface area contributed by atoms with Gasteiger partial charge in [-0.3, -0.25) is 4.79 Å².